The first-order chi connectivity index (χ1) is 7.33. The molecule has 1 aliphatic heterocycles. The van der Waals surface area contributed by atoms with Gasteiger partial charge in [0.15, 0.2) is 0 Å². The molecule has 16 heavy (non-hydrogen) atoms. The molecule has 0 saturated carbocycles. The van der Waals surface area contributed by atoms with Gasteiger partial charge in [0.25, 0.3) is 0 Å². The molecule has 1 fully saturated rings. The molecule has 0 bridgehead atoms. The van der Waals surface area contributed by atoms with E-state index in [4.69, 9.17) is 0 Å². The number of carbonyl (C=O) groups excluding carboxylic acids is 1. The molecule has 94 valence electrons. The van der Waals surface area contributed by atoms with Gasteiger partial charge < -0.3 is 10.2 Å². The summed E-state index contributed by atoms with van der Waals surface area (Å²) in [6.45, 7) is 9.37. The Hall–Kier alpha value is -0.570. The highest BCUT2D eigenvalue weighted by Gasteiger charge is 2.39. The summed E-state index contributed by atoms with van der Waals surface area (Å²) in [5, 5.41) is 3.38. The molecule has 1 rings (SSSR count). The zero-order valence-electron chi connectivity index (χ0n) is 11.4. The topological polar surface area (TPSA) is 32.3 Å². The van der Waals surface area contributed by atoms with E-state index in [0.29, 0.717) is 0 Å². The maximum atomic E-state index is 12.5. The molecule has 3 heteroatoms. The standard InChI is InChI=1S/C13H26N2O/c1-6-12(2,3)15(5)11(16)13(4)9-7-8-10-14-13/h14H,6-10H2,1-5H3. The van der Waals surface area contributed by atoms with Gasteiger partial charge in [-0.1, -0.05) is 6.92 Å². The number of likely N-dealkylation sites (N-methyl/N-ethyl adjacent to an activating group) is 1. The Labute approximate surface area is 99.6 Å². The summed E-state index contributed by atoms with van der Waals surface area (Å²) in [5.41, 5.74) is -0.404. The lowest BCUT2D eigenvalue weighted by atomic mass is 9.87. The lowest BCUT2D eigenvalue weighted by Gasteiger charge is -2.43. The predicted molar refractivity (Wildman–Crippen MR) is 67.4 cm³/mol. The van der Waals surface area contributed by atoms with E-state index in [9.17, 15) is 4.79 Å². The molecule has 0 aromatic rings. The molecule has 0 aromatic heterocycles. The van der Waals surface area contributed by atoms with E-state index < -0.39 is 0 Å². The second-order valence-corrected chi connectivity index (χ2v) is 5.75. The van der Waals surface area contributed by atoms with Crippen LogP contribution in [0, 0.1) is 0 Å². The molecule has 1 atom stereocenters. The quantitative estimate of drug-likeness (QED) is 0.800. The normalized spacial score (nSPS) is 26.6. The molecule has 0 aromatic carbocycles. The highest BCUT2D eigenvalue weighted by molar-refractivity contribution is 5.86. The first kappa shape index (κ1) is 13.5. The average molecular weight is 226 g/mol. The molecule has 0 radical (unpaired) electrons. The van der Waals surface area contributed by atoms with Crippen molar-refractivity contribution in [3.05, 3.63) is 0 Å². The Morgan fingerprint density at radius 2 is 2.06 bits per heavy atom. The van der Waals surface area contributed by atoms with Gasteiger partial charge in [-0.3, -0.25) is 4.79 Å². The summed E-state index contributed by atoms with van der Waals surface area (Å²) in [4.78, 5) is 14.4. The number of nitrogens with one attached hydrogen (secondary N) is 1. The fourth-order valence-corrected chi connectivity index (χ4v) is 2.12. The lowest BCUT2D eigenvalue weighted by molar-refractivity contribution is -0.142. The van der Waals surface area contributed by atoms with E-state index in [-0.39, 0.29) is 17.0 Å². The molecule has 3 nitrogen and oxygen atoms in total. The van der Waals surface area contributed by atoms with Gasteiger partial charge in [0.1, 0.15) is 0 Å². The van der Waals surface area contributed by atoms with Gasteiger partial charge in [0, 0.05) is 12.6 Å². The SMILES string of the molecule is CCC(C)(C)N(C)C(=O)C1(C)CCCCN1. The third-order valence-corrected chi connectivity index (χ3v) is 4.17. The number of hydrogen-bond acceptors (Lipinski definition) is 2. The monoisotopic (exact) mass is 226 g/mol. The first-order valence-corrected chi connectivity index (χ1v) is 6.37. The molecule has 1 aliphatic rings. The maximum absolute atomic E-state index is 12.5. The Bertz CT molecular complexity index is 255. The predicted octanol–water partition coefficient (Wildman–Crippen LogP) is 2.17. The third kappa shape index (κ3) is 2.57. The second kappa shape index (κ2) is 4.74. The number of rotatable bonds is 3. The zero-order valence-corrected chi connectivity index (χ0v) is 11.4. The van der Waals surface area contributed by atoms with Gasteiger partial charge in [-0.05, 0) is 53.0 Å². The van der Waals surface area contributed by atoms with Crippen LogP contribution in [0.4, 0.5) is 0 Å². The van der Waals surface area contributed by atoms with Crippen LogP contribution in [-0.4, -0.2) is 35.5 Å². The van der Waals surface area contributed by atoms with Gasteiger partial charge in [-0.25, -0.2) is 0 Å². The molecule has 1 saturated heterocycles. The second-order valence-electron chi connectivity index (χ2n) is 5.75. The number of nitrogens with zero attached hydrogens (tertiary/aromatic N) is 1. The minimum atomic E-state index is -0.348. The molecular formula is C13H26N2O. The van der Waals surface area contributed by atoms with Crippen LogP contribution < -0.4 is 5.32 Å². The van der Waals surface area contributed by atoms with Gasteiger partial charge in [-0.15, -0.1) is 0 Å². The van der Waals surface area contributed by atoms with Crippen LogP contribution in [0.25, 0.3) is 0 Å². The molecule has 1 amide bonds. The van der Waals surface area contributed by atoms with E-state index in [0.717, 1.165) is 25.8 Å². The van der Waals surface area contributed by atoms with Crippen molar-refractivity contribution in [1.29, 1.82) is 0 Å². The fourth-order valence-electron chi connectivity index (χ4n) is 2.12. The van der Waals surface area contributed by atoms with Crippen molar-refractivity contribution in [1.82, 2.24) is 10.2 Å². The van der Waals surface area contributed by atoms with E-state index in [1.165, 1.54) is 6.42 Å². The van der Waals surface area contributed by atoms with Crippen molar-refractivity contribution >= 4 is 5.91 Å². The van der Waals surface area contributed by atoms with Gasteiger partial charge in [0.2, 0.25) is 5.91 Å². The van der Waals surface area contributed by atoms with Gasteiger partial charge in [0.05, 0.1) is 5.54 Å². The van der Waals surface area contributed by atoms with E-state index in [1.54, 1.807) is 0 Å². The van der Waals surface area contributed by atoms with Crippen molar-refractivity contribution < 1.29 is 4.79 Å². The highest BCUT2D eigenvalue weighted by Crippen LogP contribution is 2.25. The molecular weight excluding hydrogens is 200 g/mol. The Kier molecular flexibility index (Phi) is 4.00. The van der Waals surface area contributed by atoms with Crippen molar-refractivity contribution in [3.8, 4) is 0 Å². The number of carbonyl (C=O) groups is 1. The molecule has 1 N–H and O–H groups in total. The lowest BCUT2D eigenvalue weighted by Crippen LogP contribution is -2.60. The van der Waals surface area contributed by atoms with E-state index in [1.807, 2.05) is 18.9 Å². The Morgan fingerprint density at radius 1 is 1.44 bits per heavy atom. The van der Waals surface area contributed by atoms with Crippen LogP contribution in [0.2, 0.25) is 0 Å². The summed E-state index contributed by atoms with van der Waals surface area (Å²) in [7, 11) is 1.92. The number of piperidine rings is 1. The van der Waals surface area contributed by atoms with Crippen molar-refractivity contribution in [2.75, 3.05) is 13.6 Å². The summed E-state index contributed by atoms with van der Waals surface area (Å²) >= 11 is 0. The van der Waals surface area contributed by atoms with E-state index in [2.05, 4.69) is 26.1 Å². The van der Waals surface area contributed by atoms with Crippen molar-refractivity contribution in [2.24, 2.45) is 0 Å². The highest BCUT2D eigenvalue weighted by atomic mass is 16.2. The number of amides is 1. The maximum Gasteiger partial charge on any atom is 0.242 e. The summed E-state index contributed by atoms with van der Waals surface area (Å²) in [5.74, 6) is 0.235. The minimum absolute atomic E-state index is 0.0563. The summed E-state index contributed by atoms with van der Waals surface area (Å²) in [6.07, 6.45) is 4.26. The Morgan fingerprint density at radius 3 is 2.50 bits per heavy atom. The zero-order chi connectivity index (χ0) is 12.4. The minimum Gasteiger partial charge on any atom is -0.339 e. The fraction of sp³-hybridized carbons (Fsp3) is 0.923. The van der Waals surface area contributed by atoms with Gasteiger partial charge in [-0.2, -0.15) is 0 Å². The van der Waals surface area contributed by atoms with E-state index >= 15 is 0 Å². The van der Waals surface area contributed by atoms with Gasteiger partial charge >= 0.3 is 0 Å². The van der Waals surface area contributed by atoms with Crippen molar-refractivity contribution in [3.63, 3.8) is 0 Å². The Balaban J connectivity index is 2.76. The number of hydrogen-bond donors (Lipinski definition) is 1. The van der Waals surface area contributed by atoms with Crippen molar-refractivity contribution in [2.45, 2.75) is 64.5 Å². The van der Waals surface area contributed by atoms with Crippen LogP contribution in [0.1, 0.15) is 53.4 Å². The summed E-state index contributed by atoms with van der Waals surface area (Å²) in [6, 6.07) is 0. The molecule has 0 aliphatic carbocycles. The van der Waals surface area contributed by atoms with Crippen LogP contribution in [0.3, 0.4) is 0 Å². The van der Waals surface area contributed by atoms with Crippen LogP contribution in [0.15, 0.2) is 0 Å². The molecule has 1 heterocycles. The third-order valence-electron chi connectivity index (χ3n) is 4.17. The molecule has 0 spiro atoms. The first-order valence-electron chi connectivity index (χ1n) is 6.37. The summed E-state index contributed by atoms with van der Waals surface area (Å²) < 4.78 is 0. The largest absolute Gasteiger partial charge is 0.339 e. The van der Waals surface area contributed by atoms with Crippen LogP contribution >= 0.6 is 0 Å². The average Bonchev–Trinajstić information content (AvgIpc) is 2.28. The molecule has 1 unspecified atom stereocenters. The van der Waals surface area contributed by atoms with Crippen LogP contribution in [-0.2, 0) is 4.79 Å². The van der Waals surface area contributed by atoms with Crippen LogP contribution in [0.5, 0.6) is 0 Å². The smallest absolute Gasteiger partial charge is 0.242 e.